The van der Waals surface area contributed by atoms with Crippen molar-refractivity contribution in [2.75, 3.05) is 6.26 Å². The average Bonchev–Trinajstić information content (AvgIpc) is 2.22. The van der Waals surface area contributed by atoms with Gasteiger partial charge in [-0.1, -0.05) is 29.8 Å². The molecule has 120 valence electrons. The molecule has 3 nitrogen and oxygen atoms in total. The normalized spacial score (nSPS) is 14.3. The van der Waals surface area contributed by atoms with Crippen LogP contribution in [-0.2, 0) is 19.9 Å². The fourth-order valence-corrected chi connectivity index (χ4v) is 2.39. The average molecular weight is 336 g/mol. The van der Waals surface area contributed by atoms with Gasteiger partial charge in [-0.2, -0.15) is 34.8 Å². The second kappa shape index (κ2) is 5.16. The third kappa shape index (κ3) is 3.49. The Hall–Kier alpha value is -1.29. The molecule has 0 spiro atoms. The van der Waals surface area contributed by atoms with Gasteiger partial charge in [0, 0.05) is 5.56 Å². The maximum Gasteiger partial charge on any atom is 0.432 e. The molecule has 21 heavy (non-hydrogen) atoms. The van der Waals surface area contributed by atoms with Crippen molar-refractivity contribution in [1.29, 1.82) is 0 Å². The first-order chi connectivity index (χ1) is 9.21. The standard InChI is InChI=1S/C11H10F6O3S/c1-7-3-5-8(6-4-7)9(10(12,13)14,11(15,16)17)20-21(2,18)19/h3-6H,1-2H3. The van der Waals surface area contributed by atoms with Crippen LogP contribution >= 0.6 is 0 Å². The van der Waals surface area contributed by atoms with Crippen LogP contribution in [-0.4, -0.2) is 27.0 Å². The van der Waals surface area contributed by atoms with Gasteiger partial charge in [0.05, 0.1) is 6.26 Å². The largest absolute Gasteiger partial charge is 0.432 e. The Kier molecular flexibility index (Phi) is 4.37. The minimum Gasteiger partial charge on any atom is -0.239 e. The molecule has 0 unspecified atom stereocenters. The molecule has 0 N–H and O–H groups in total. The highest BCUT2D eigenvalue weighted by Gasteiger charge is 2.75. The molecule has 0 aliphatic heterocycles. The minimum absolute atomic E-state index is 0.118. The summed E-state index contributed by atoms with van der Waals surface area (Å²) in [4.78, 5) is 0. The molecule has 0 bridgehead atoms. The van der Waals surface area contributed by atoms with Gasteiger partial charge in [-0.15, -0.1) is 0 Å². The van der Waals surface area contributed by atoms with Crippen molar-refractivity contribution in [3.8, 4) is 0 Å². The summed E-state index contributed by atoms with van der Waals surface area (Å²) in [5, 5.41) is 0. The van der Waals surface area contributed by atoms with E-state index in [1.54, 1.807) is 0 Å². The maximum absolute atomic E-state index is 13.1. The SMILES string of the molecule is Cc1ccc(C(OS(C)(=O)=O)(C(F)(F)F)C(F)(F)F)cc1. The Labute approximate surface area is 116 Å². The molecule has 1 aromatic rings. The Balaban J connectivity index is 3.71. The van der Waals surface area contributed by atoms with Crippen molar-refractivity contribution < 1.29 is 38.9 Å². The molecular weight excluding hydrogens is 326 g/mol. The van der Waals surface area contributed by atoms with E-state index >= 15 is 0 Å². The summed E-state index contributed by atoms with van der Waals surface area (Å²) >= 11 is 0. The zero-order valence-electron chi connectivity index (χ0n) is 10.7. The fraction of sp³-hybridized carbons (Fsp3) is 0.455. The summed E-state index contributed by atoms with van der Waals surface area (Å²) in [5.74, 6) is 0. The van der Waals surface area contributed by atoms with Crippen LogP contribution < -0.4 is 0 Å². The molecule has 1 rings (SSSR count). The number of hydrogen-bond acceptors (Lipinski definition) is 3. The molecule has 10 heteroatoms. The number of rotatable bonds is 3. The Morgan fingerprint density at radius 2 is 1.29 bits per heavy atom. The number of hydrogen-bond donors (Lipinski definition) is 0. The predicted molar refractivity (Wildman–Crippen MR) is 60.9 cm³/mol. The summed E-state index contributed by atoms with van der Waals surface area (Å²) in [6, 6.07) is 3.05. The van der Waals surface area contributed by atoms with Crippen LogP contribution in [0.1, 0.15) is 11.1 Å². The molecule has 0 atom stereocenters. The molecule has 0 aromatic heterocycles. The molecule has 0 aliphatic carbocycles. The van der Waals surface area contributed by atoms with Gasteiger partial charge >= 0.3 is 18.0 Å². The second-order valence-corrected chi connectivity index (χ2v) is 5.91. The van der Waals surface area contributed by atoms with Gasteiger partial charge in [0.15, 0.2) is 0 Å². The van der Waals surface area contributed by atoms with Crippen molar-refractivity contribution in [1.82, 2.24) is 0 Å². The predicted octanol–water partition coefficient (Wildman–Crippen LogP) is 3.29. The fourth-order valence-electron chi connectivity index (χ4n) is 1.65. The van der Waals surface area contributed by atoms with Gasteiger partial charge in [-0.25, -0.2) is 4.18 Å². The van der Waals surface area contributed by atoms with Crippen LogP contribution in [0.3, 0.4) is 0 Å². The van der Waals surface area contributed by atoms with E-state index in [1.807, 2.05) is 0 Å². The summed E-state index contributed by atoms with van der Waals surface area (Å²) in [5.41, 5.74) is -5.91. The number of benzene rings is 1. The van der Waals surface area contributed by atoms with E-state index in [0.29, 0.717) is 17.7 Å². The minimum atomic E-state index is -6.02. The van der Waals surface area contributed by atoms with Crippen LogP contribution in [0.25, 0.3) is 0 Å². The first-order valence-corrected chi connectivity index (χ1v) is 7.13. The van der Waals surface area contributed by atoms with E-state index in [4.69, 9.17) is 0 Å². The monoisotopic (exact) mass is 336 g/mol. The molecule has 0 amide bonds. The molecule has 0 saturated carbocycles. The van der Waals surface area contributed by atoms with Crippen LogP contribution in [0.2, 0.25) is 0 Å². The molecule has 0 radical (unpaired) electrons. The van der Waals surface area contributed by atoms with Gasteiger partial charge in [0.25, 0.3) is 10.1 Å². The highest BCUT2D eigenvalue weighted by molar-refractivity contribution is 7.86. The van der Waals surface area contributed by atoms with Gasteiger partial charge in [0.2, 0.25) is 0 Å². The van der Waals surface area contributed by atoms with E-state index in [0.717, 1.165) is 12.1 Å². The molecule has 0 fully saturated rings. The molecule has 0 saturated heterocycles. The topological polar surface area (TPSA) is 43.4 Å². The molecule has 0 heterocycles. The number of aryl methyl sites for hydroxylation is 1. The first kappa shape index (κ1) is 17.8. The quantitative estimate of drug-likeness (QED) is 0.628. The maximum atomic E-state index is 13.1. The molecule has 0 aliphatic rings. The lowest BCUT2D eigenvalue weighted by Gasteiger charge is -2.36. The van der Waals surface area contributed by atoms with Crippen molar-refractivity contribution in [2.24, 2.45) is 0 Å². The van der Waals surface area contributed by atoms with Gasteiger partial charge in [-0.3, -0.25) is 0 Å². The highest BCUT2D eigenvalue weighted by Crippen LogP contribution is 2.53. The van der Waals surface area contributed by atoms with Gasteiger partial charge in [0.1, 0.15) is 0 Å². The summed E-state index contributed by atoms with van der Waals surface area (Å²) in [7, 11) is -5.05. The summed E-state index contributed by atoms with van der Waals surface area (Å²) < 4.78 is 104. The Bertz CT molecular complexity index is 586. The van der Waals surface area contributed by atoms with E-state index in [-0.39, 0.29) is 6.26 Å². The number of halogens is 6. The summed E-state index contributed by atoms with van der Waals surface area (Å²) in [6.45, 7) is 1.45. The van der Waals surface area contributed by atoms with Gasteiger partial charge < -0.3 is 0 Å². The second-order valence-electron chi connectivity index (χ2n) is 4.33. The number of alkyl halides is 6. The lowest BCUT2D eigenvalue weighted by atomic mass is 9.92. The lowest BCUT2D eigenvalue weighted by molar-refractivity contribution is -0.364. The Morgan fingerprint density at radius 3 is 1.57 bits per heavy atom. The smallest absolute Gasteiger partial charge is 0.239 e. The van der Waals surface area contributed by atoms with Crippen molar-refractivity contribution >= 4 is 10.1 Å². The Morgan fingerprint density at radius 1 is 0.905 bits per heavy atom. The summed E-state index contributed by atoms with van der Waals surface area (Å²) in [6.07, 6.45) is -11.9. The third-order valence-electron chi connectivity index (χ3n) is 2.53. The molecule has 1 aromatic carbocycles. The first-order valence-electron chi connectivity index (χ1n) is 5.32. The van der Waals surface area contributed by atoms with Crippen LogP contribution in [0.5, 0.6) is 0 Å². The van der Waals surface area contributed by atoms with E-state index < -0.39 is 33.6 Å². The van der Waals surface area contributed by atoms with Crippen LogP contribution in [0, 0.1) is 6.92 Å². The van der Waals surface area contributed by atoms with Crippen molar-refractivity contribution in [3.63, 3.8) is 0 Å². The highest BCUT2D eigenvalue weighted by atomic mass is 32.2. The van der Waals surface area contributed by atoms with Crippen LogP contribution in [0.4, 0.5) is 26.3 Å². The lowest BCUT2D eigenvalue weighted by Crippen LogP contribution is -2.56. The third-order valence-corrected chi connectivity index (χ3v) is 3.09. The van der Waals surface area contributed by atoms with E-state index in [1.165, 1.54) is 6.92 Å². The van der Waals surface area contributed by atoms with E-state index in [9.17, 15) is 34.8 Å². The van der Waals surface area contributed by atoms with Crippen LogP contribution in [0.15, 0.2) is 24.3 Å². The zero-order chi connectivity index (χ0) is 16.7. The van der Waals surface area contributed by atoms with Crippen molar-refractivity contribution in [3.05, 3.63) is 35.4 Å². The van der Waals surface area contributed by atoms with Gasteiger partial charge in [-0.05, 0) is 6.92 Å². The zero-order valence-corrected chi connectivity index (χ0v) is 11.5. The van der Waals surface area contributed by atoms with E-state index in [2.05, 4.69) is 4.18 Å². The molecular formula is C11H10F6O3S. The van der Waals surface area contributed by atoms with Crippen molar-refractivity contribution in [2.45, 2.75) is 24.9 Å².